The van der Waals surface area contributed by atoms with Gasteiger partial charge in [-0.05, 0) is 0 Å². The third kappa shape index (κ3) is 6.90. The van der Waals surface area contributed by atoms with Crippen LogP contribution in [0.5, 0.6) is 0 Å². The number of hydrogen-bond acceptors (Lipinski definition) is 4. The number of hydrogen-bond donors (Lipinski definition) is 2. The zero-order chi connectivity index (χ0) is 6.73. The second kappa shape index (κ2) is 7.89. The molecule has 2 atom stereocenters. The molecule has 0 aromatic carbocycles. The van der Waals surface area contributed by atoms with Gasteiger partial charge in [-0.25, -0.2) is 4.21 Å². The van der Waals surface area contributed by atoms with Gasteiger partial charge >= 0.3 is 39.0 Å². The van der Waals surface area contributed by atoms with Crippen LogP contribution in [0.1, 0.15) is 0 Å². The molecule has 10 heavy (non-hydrogen) atoms. The summed E-state index contributed by atoms with van der Waals surface area (Å²) in [5.41, 5.74) is -2.30. The van der Waals surface area contributed by atoms with Crippen molar-refractivity contribution in [3.05, 3.63) is 0 Å². The summed E-state index contributed by atoms with van der Waals surface area (Å²) < 4.78 is 17.4. The van der Waals surface area contributed by atoms with Crippen LogP contribution in [0.2, 0.25) is 0 Å². The van der Waals surface area contributed by atoms with Crippen molar-refractivity contribution >= 4 is 17.0 Å². The number of carbonyl (C=O) groups excluding carboxylic acids is 1. The van der Waals surface area contributed by atoms with Crippen molar-refractivity contribution in [2.24, 2.45) is 0 Å². The van der Waals surface area contributed by atoms with Gasteiger partial charge in [-0.2, -0.15) is 0 Å². The summed E-state index contributed by atoms with van der Waals surface area (Å²) in [6, 6.07) is 0. The minimum absolute atomic E-state index is 0. The first-order valence-electron chi connectivity index (χ1n) is 1.54. The number of rotatable bonds is 2. The van der Waals surface area contributed by atoms with Gasteiger partial charge in [0.25, 0.3) is 0 Å². The number of aliphatic carboxylic acids is 1. The molecule has 0 aliphatic rings. The SMILES string of the molecule is O=C([O-])C(O)S(=O)O.[Zn+2].[Zn+2]. The molecule has 0 radical (unpaired) electrons. The quantitative estimate of drug-likeness (QED) is 0.419. The Hall–Kier alpha value is 0.787. The Balaban J connectivity index is -0.000000245. The molecule has 0 saturated carbocycles. The van der Waals surface area contributed by atoms with Crippen LogP contribution in [0, 0.1) is 0 Å². The van der Waals surface area contributed by atoms with Crippen LogP contribution in [-0.2, 0) is 54.8 Å². The van der Waals surface area contributed by atoms with Gasteiger partial charge in [0, 0.05) is 0 Å². The molecule has 0 aliphatic carbocycles. The molecule has 0 aromatic rings. The normalized spacial score (nSPS) is 13.8. The summed E-state index contributed by atoms with van der Waals surface area (Å²) in [6.07, 6.45) is 0. The maximum absolute atomic E-state index is 9.58. The molecular weight excluding hydrogens is 267 g/mol. The van der Waals surface area contributed by atoms with E-state index in [1.54, 1.807) is 0 Å². The summed E-state index contributed by atoms with van der Waals surface area (Å²) in [5.74, 6) is -1.95. The molecule has 8 heteroatoms. The molecule has 48 valence electrons. The Bertz CT molecular complexity index is 113. The Kier molecular flexibility index (Phi) is 13.4. The fraction of sp³-hybridized carbons (Fsp3) is 0.500. The van der Waals surface area contributed by atoms with Gasteiger partial charge in [-0.15, -0.1) is 0 Å². The van der Waals surface area contributed by atoms with Crippen LogP contribution in [0.25, 0.3) is 0 Å². The summed E-state index contributed by atoms with van der Waals surface area (Å²) in [7, 11) is 0. The number of carbonyl (C=O) groups is 1. The zero-order valence-electron chi connectivity index (χ0n) is 5.02. The van der Waals surface area contributed by atoms with E-state index in [0.717, 1.165) is 0 Å². The Morgan fingerprint density at radius 3 is 1.80 bits per heavy atom. The molecule has 0 rings (SSSR count). The summed E-state index contributed by atoms with van der Waals surface area (Å²) in [4.78, 5) is 9.43. The molecule has 0 bridgehead atoms. The fourth-order valence-corrected chi connectivity index (χ4v) is 0.247. The van der Waals surface area contributed by atoms with E-state index in [4.69, 9.17) is 9.66 Å². The van der Waals surface area contributed by atoms with Gasteiger partial charge in [0.2, 0.25) is 0 Å². The Labute approximate surface area is 85.0 Å². The van der Waals surface area contributed by atoms with E-state index in [1.807, 2.05) is 0 Å². The third-order valence-corrected chi connectivity index (χ3v) is 0.967. The second-order valence-corrected chi connectivity index (χ2v) is 1.95. The predicted octanol–water partition coefficient (Wildman–Crippen LogP) is -2.73. The maximum Gasteiger partial charge on any atom is 2.00 e. The first-order chi connectivity index (χ1) is 3.55. The topological polar surface area (TPSA) is 97.7 Å². The fourth-order valence-electron chi connectivity index (χ4n) is 0.0823. The molecule has 0 spiro atoms. The van der Waals surface area contributed by atoms with Crippen molar-refractivity contribution in [2.45, 2.75) is 5.44 Å². The average Bonchev–Trinajstić information content (AvgIpc) is 1.64. The van der Waals surface area contributed by atoms with Gasteiger partial charge in [0.05, 0.1) is 5.97 Å². The van der Waals surface area contributed by atoms with Crippen LogP contribution in [-0.4, -0.2) is 25.3 Å². The van der Waals surface area contributed by atoms with Crippen molar-refractivity contribution in [2.75, 3.05) is 0 Å². The molecule has 0 aromatic heterocycles. The van der Waals surface area contributed by atoms with Crippen molar-refractivity contribution in [1.29, 1.82) is 0 Å². The van der Waals surface area contributed by atoms with E-state index in [0.29, 0.717) is 0 Å². The molecular formula is C2H3O5SZn2+3. The van der Waals surface area contributed by atoms with Crippen LogP contribution >= 0.6 is 0 Å². The molecule has 0 heterocycles. The van der Waals surface area contributed by atoms with Gasteiger partial charge < -0.3 is 19.6 Å². The molecule has 0 aliphatic heterocycles. The monoisotopic (exact) mass is 267 g/mol. The van der Waals surface area contributed by atoms with E-state index in [-0.39, 0.29) is 39.0 Å². The van der Waals surface area contributed by atoms with Gasteiger partial charge in [-0.1, -0.05) is 0 Å². The largest absolute Gasteiger partial charge is 2.00 e. The minimum Gasteiger partial charge on any atom is -0.546 e. The van der Waals surface area contributed by atoms with Crippen molar-refractivity contribution in [3.8, 4) is 0 Å². The predicted molar refractivity (Wildman–Crippen MR) is 21.8 cm³/mol. The smallest absolute Gasteiger partial charge is 0.546 e. The number of aliphatic hydroxyl groups excluding tert-OH is 1. The molecule has 0 amide bonds. The average molecular weight is 270 g/mol. The van der Waals surface area contributed by atoms with E-state index < -0.39 is 22.5 Å². The van der Waals surface area contributed by atoms with E-state index in [9.17, 15) is 14.1 Å². The number of carboxylic acids is 1. The second-order valence-electron chi connectivity index (χ2n) is 0.948. The Morgan fingerprint density at radius 1 is 1.50 bits per heavy atom. The first-order valence-corrected chi connectivity index (χ1v) is 2.71. The van der Waals surface area contributed by atoms with Crippen molar-refractivity contribution < 1.29 is 62.7 Å². The van der Waals surface area contributed by atoms with E-state index >= 15 is 0 Å². The minimum atomic E-state index is -2.75. The number of carboxylic acid groups (broad SMARTS) is 1. The first kappa shape index (κ1) is 17.0. The Morgan fingerprint density at radius 2 is 1.80 bits per heavy atom. The van der Waals surface area contributed by atoms with Crippen LogP contribution in [0.15, 0.2) is 0 Å². The van der Waals surface area contributed by atoms with Crippen molar-refractivity contribution in [1.82, 2.24) is 0 Å². The molecule has 5 nitrogen and oxygen atoms in total. The number of aliphatic hydroxyl groups is 1. The zero-order valence-corrected chi connectivity index (χ0v) is 11.8. The van der Waals surface area contributed by atoms with Gasteiger partial charge in [0.15, 0.2) is 16.5 Å². The van der Waals surface area contributed by atoms with Crippen molar-refractivity contribution in [3.63, 3.8) is 0 Å². The molecule has 2 unspecified atom stereocenters. The van der Waals surface area contributed by atoms with Crippen LogP contribution in [0.4, 0.5) is 0 Å². The van der Waals surface area contributed by atoms with Gasteiger partial charge in [0.1, 0.15) is 0 Å². The van der Waals surface area contributed by atoms with Crippen LogP contribution < -0.4 is 5.11 Å². The molecule has 2 N–H and O–H groups in total. The summed E-state index contributed by atoms with van der Waals surface area (Å²) >= 11 is -2.75. The van der Waals surface area contributed by atoms with E-state index in [1.165, 1.54) is 0 Å². The van der Waals surface area contributed by atoms with E-state index in [2.05, 4.69) is 0 Å². The van der Waals surface area contributed by atoms with Gasteiger partial charge in [-0.3, -0.25) is 0 Å². The van der Waals surface area contributed by atoms with Crippen LogP contribution in [0.3, 0.4) is 0 Å². The summed E-state index contributed by atoms with van der Waals surface area (Å²) in [6.45, 7) is 0. The maximum atomic E-state index is 9.58. The molecule has 0 saturated heterocycles. The third-order valence-electron chi connectivity index (χ3n) is 0.393. The molecule has 0 fully saturated rings. The standard InChI is InChI=1S/C2H4O5S.2Zn/c3-1(4)2(5)8(6)7;;/h2,5H,(H,3,4)(H,6,7);;/q;2*+2/p-1. The summed E-state index contributed by atoms with van der Waals surface area (Å²) in [5, 5.41) is 17.4.